The summed E-state index contributed by atoms with van der Waals surface area (Å²) in [7, 11) is 2.05. The van der Waals surface area contributed by atoms with Crippen molar-refractivity contribution in [2.45, 2.75) is 6.10 Å². The summed E-state index contributed by atoms with van der Waals surface area (Å²) < 4.78 is 8.03. The minimum Gasteiger partial charge on any atom is -0.486 e. The van der Waals surface area contributed by atoms with Gasteiger partial charge in [0.2, 0.25) is 0 Å². The van der Waals surface area contributed by atoms with E-state index in [1.165, 1.54) is 10.9 Å². The average molecular weight is 202 g/mol. The normalized spacial score (nSPS) is 16.6. The van der Waals surface area contributed by atoms with Gasteiger partial charge in [0, 0.05) is 31.7 Å². The third kappa shape index (κ3) is 1.39. The lowest BCUT2D eigenvalue weighted by atomic mass is 10.2. The van der Waals surface area contributed by atoms with Crippen LogP contribution in [0.25, 0.3) is 10.9 Å². The maximum Gasteiger partial charge on any atom is 0.144 e. The molecule has 0 aliphatic carbocycles. The molecular weight excluding hydrogens is 188 g/mol. The van der Waals surface area contributed by atoms with E-state index in [9.17, 15) is 0 Å². The third-order valence-corrected chi connectivity index (χ3v) is 2.90. The van der Waals surface area contributed by atoms with Crippen LogP contribution in [-0.2, 0) is 7.05 Å². The quantitative estimate of drug-likeness (QED) is 0.799. The predicted molar refractivity (Wildman–Crippen MR) is 60.2 cm³/mol. The Morgan fingerprint density at radius 2 is 2.20 bits per heavy atom. The number of fused-ring (bicyclic) bond motifs is 1. The minimum atomic E-state index is 0.338. The SMILES string of the molecule is Cn1ccc2cccc(OC3CNC3)c21. The number of ether oxygens (including phenoxy) is 1. The van der Waals surface area contributed by atoms with Crippen LogP contribution in [0.15, 0.2) is 30.5 Å². The molecule has 78 valence electrons. The molecule has 1 N–H and O–H groups in total. The van der Waals surface area contributed by atoms with E-state index in [2.05, 4.69) is 28.2 Å². The molecule has 1 fully saturated rings. The predicted octanol–water partition coefficient (Wildman–Crippen LogP) is 1.53. The van der Waals surface area contributed by atoms with Crippen LogP contribution in [0.5, 0.6) is 5.75 Å². The third-order valence-electron chi connectivity index (χ3n) is 2.90. The van der Waals surface area contributed by atoms with Gasteiger partial charge in [-0.25, -0.2) is 0 Å². The zero-order valence-corrected chi connectivity index (χ0v) is 8.73. The highest BCUT2D eigenvalue weighted by molar-refractivity contribution is 5.85. The number of aromatic nitrogens is 1. The molecule has 3 heteroatoms. The second kappa shape index (κ2) is 3.28. The molecule has 1 aromatic carbocycles. The summed E-state index contributed by atoms with van der Waals surface area (Å²) in [5.74, 6) is 0.992. The van der Waals surface area contributed by atoms with Gasteiger partial charge in [0.05, 0.1) is 5.52 Å². The number of rotatable bonds is 2. The maximum absolute atomic E-state index is 5.92. The molecule has 0 amide bonds. The lowest BCUT2D eigenvalue weighted by molar-refractivity contribution is 0.144. The fourth-order valence-corrected chi connectivity index (χ4v) is 1.94. The van der Waals surface area contributed by atoms with Gasteiger partial charge in [0.25, 0.3) is 0 Å². The number of benzene rings is 1. The number of para-hydroxylation sites is 1. The molecule has 2 heterocycles. The second-order valence-corrected chi connectivity index (χ2v) is 4.02. The first-order chi connectivity index (χ1) is 7.34. The van der Waals surface area contributed by atoms with E-state index in [0.717, 1.165) is 18.8 Å². The van der Waals surface area contributed by atoms with Crippen molar-refractivity contribution in [3.05, 3.63) is 30.5 Å². The van der Waals surface area contributed by atoms with Crippen molar-refractivity contribution in [1.29, 1.82) is 0 Å². The van der Waals surface area contributed by atoms with E-state index in [0.29, 0.717) is 6.10 Å². The number of nitrogens with zero attached hydrogens (tertiary/aromatic N) is 1. The van der Waals surface area contributed by atoms with Crippen molar-refractivity contribution in [2.75, 3.05) is 13.1 Å². The van der Waals surface area contributed by atoms with Crippen molar-refractivity contribution in [3.63, 3.8) is 0 Å². The van der Waals surface area contributed by atoms with Crippen LogP contribution in [0, 0.1) is 0 Å². The van der Waals surface area contributed by atoms with Gasteiger partial charge >= 0.3 is 0 Å². The largest absolute Gasteiger partial charge is 0.486 e. The summed E-state index contributed by atoms with van der Waals surface area (Å²) in [6.07, 6.45) is 2.40. The van der Waals surface area contributed by atoms with Crippen molar-refractivity contribution in [3.8, 4) is 5.75 Å². The zero-order chi connectivity index (χ0) is 10.3. The first-order valence-corrected chi connectivity index (χ1v) is 5.26. The first-order valence-electron chi connectivity index (χ1n) is 5.26. The van der Waals surface area contributed by atoms with Crippen LogP contribution < -0.4 is 10.1 Å². The summed E-state index contributed by atoms with van der Waals surface area (Å²) in [4.78, 5) is 0. The fraction of sp³-hybridized carbons (Fsp3) is 0.333. The standard InChI is InChI=1S/C12H14N2O/c1-14-6-5-9-3-2-4-11(12(9)14)15-10-7-13-8-10/h2-6,10,13H,7-8H2,1H3. The van der Waals surface area contributed by atoms with Gasteiger partial charge in [0.1, 0.15) is 11.9 Å². The molecule has 15 heavy (non-hydrogen) atoms. The molecule has 2 aromatic rings. The molecule has 3 rings (SSSR count). The lowest BCUT2D eigenvalue weighted by Gasteiger charge is -2.28. The van der Waals surface area contributed by atoms with Crippen molar-refractivity contribution < 1.29 is 4.74 Å². The average Bonchev–Trinajstić information content (AvgIpc) is 2.55. The Hall–Kier alpha value is -1.48. The van der Waals surface area contributed by atoms with Crippen LogP contribution in [0.4, 0.5) is 0 Å². The van der Waals surface area contributed by atoms with E-state index in [-0.39, 0.29) is 0 Å². The monoisotopic (exact) mass is 202 g/mol. The van der Waals surface area contributed by atoms with Gasteiger partial charge in [-0.1, -0.05) is 12.1 Å². The highest BCUT2D eigenvalue weighted by Gasteiger charge is 2.19. The minimum absolute atomic E-state index is 0.338. The van der Waals surface area contributed by atoms with Gasteiger partial charge in [-0.15, -0.1) is 0 Å². The molecule has 3 nitrogen and oxygen atoms in total. The number of nitrogens with one attached hydrogen (secondary N) is 1. The van der Waals surface area contributed by atoms with Crippen LogP contribution in [0.2, 0.25) is 0 Å². The molecule has 1 aliphatic rings. The number of hydrogen-bond donors (Lipinski definition) is 1. The summed E-state index contributed by atoms with van der Waals surface area (Å²) in [6.45, 7) is 1.92. The summed E-state index contributed by atoms with van der Waals surface area (Å²) in [5, 5.41) is 4.44. The lowest BCUT2D eigenvalue weighted by Crippen LogP contribution is -2.50. The first kappa shape index (κ1) is 8.80. The number of hydrogen-bond acceptors (Lipinski definition) is 2. The Balaban J connectivity index is 2.04. The summed E-state index contributed by atoms with van der Waals surface area (Å²) >= 11 is 0. The Labute approximate surface area is 88.6 Å². The van der Waals surface area contributed by atoms with E-state index in [1.807, 2.05) is 19.2 Å². The molecule has 0 radical (unpaired) electrons. The van der Waals surface area contributed by atoms with Gasteiger partial charge < -0.3 is 14.6 Å². The highest BCUT2D eigenvalue weighted by Crippen LogP contribution is 2.27. The molecule has 0 saturated carbocycles. The molecule has 0 spiro atoms. The number of aryl methyl sites for hydroxylation is 1. The highest BCUT2D eigenvalue weighted by atomic mass is 16.5. The Kier molecular flexibility index (Phi) is 1.92. The van der Waals surface area contributed by atoms with Gasteiger partial charge in [-0.2, -0.15) is 0 Å². The Morgan fingerprint density at radius 1 is 1.33 bits per heavy atom. The van der Waals surface area contributed by atoms with E-state index in [1.54, 1.807) is 0 Å². The topological polar surface area (TPSA) is 26.2 Å². The molecule has 0 bridgehead atoms. The van der Waals surface area contributed by atoms with Crippen molar-refractivity contribution in [1.82, 2.24) is 9.88 Å². The van der Waals surface area contributed by atoms with E-state index in [4.69, 9.17) is 4.74 Å². The summed E-state index contributed by atoms with van der Waals surface area (Å²) in [5.41, 5.74) is 1.18. The Bertz CT molecular complexity index is 485. The van der Waals surface area contributed by atoms with E-state index < -0.39 is 0 Å². The van der Waals surface area contributed by atoms with Crippen molar-refractivity contribution >= 4 is 10.9 Å². The van der Waals surface area contributed by atoms with Crippen LogP contribution in [0.1, 0.15) is 0 Å². The second-order valence-electron chi connectivity index (χ2n) is 4.02. The molecule has 1 aliphatic heterocycles. The molecule has 0 atom stereocenters. The maximum atomic E-state index is 5.92. The molecular formula is C12H14N2O. The van der Waals surface area contributed by atoms with Gasteiger partial charge in [-0.3, -0.25) is 0 Å². The summed E-state index contributed by atoms with van der Waals surface area (Å²) in [6, 6.07) is 8.31. The van der Waals surface area contributed by atoms with Crippen LogP contribution >= 0.6 is 0 Å². The molecule has 1 aromatic heterocycles. The fourth-order valence-electron chi connectivity index (χ4n) is 1.94. The van der Waals surface area contributed by atoms with Crippen molar-refractivity contribution in [2.24, 2.45) is 7.05 Å². The molecule has 0 unspecified atom stereocenters. The van der Waals surface area contributed by atoms with Crippen LogP contribution in [-0.4, -0.2) is 23.8 Å². The van der Waals surface area contributed by atoms with E-state index >= 15 is 0 Å². The van der Waals surface area contributed by atoms with Gasteiger partial charge in [0.15, 0.2) is 0 Å². The smallest absolute Gasteiger partial charge is 0.144 e. The van der Waals surface area contributed by atoms with Gasteiger partial charge in [-0.05, 0) is 12.1 Å². The van der Waals surface area contributed by atoms with Crippen LogP contribution in [0.3, 0.4) is 0 Å². The Morgan fingerprint density at radius 3 is 2.93 bits per heavy atom. The zero-order valence-electron chi connectivity index (χ0n) is 8.73. The molecule has 1 saturated heterocycles.